The van der Waals surface area contributed by atoms with Crippen molar-refractivity contribution >= 4 is 17.1 Å². The van der Waals surface area contributed by atoms with Crippen LogP contribution in [-0.2, 0) is 13.0 Å². The summed E-state index contributed by atoms with van der Waals surface area (Å²) in [6, 6.07) is 19.5. The highest BCUT2D eigenvalue weighted by atomic mass is 19.1. The Morgan fingerprint density at radius 1 is 0.963 bits per heavy atom. The zero-order valence-corrected chi connectivity index (χ0v) is 16.0. The van der Waals surface area contributed by atoms with Crippen molar-refractivity contribution in [3.63, 3.8) is 0 Å². The van der Waals surface area contributed by atoms with Crippen molar-refractivity contribution in [1.82, 2.24) is 0 Å². The molecule has 0 saturated heterocycles. The number of anilines is 3. The van der Waals surface area contributed by atoms with E-state index in [1.807, 2.05) is 18.2 Å². The minimum atomic E-state index is -0.345. The van der Waals surface area contributed by atoms with Gasteiger partial charge < -0.3 is 15.4 Å². The Hall–Kier alpha value is -3.01. The second-order valence-electron chi connectivity index (χ2n) is 6.49. The van der Waals surface area contributed by atoms with Gasteiger partial charge in [0.05, 0.1) is 7.11 Å². The van der Waals surface area contributed by atoms with Gasteiger partial charge in [0.15, 0.2) is 11.6 Å². The lowest BCUT2D eigenvalue weighted by Gasteiger charge is -2.15. The van der Waals surface area contributed by atoms with Crippen LogP contribution in [0.25, 0.3) is 0 Å². The Labute approximate surface area is 160 Å². The molecule has 0 aliphatic rings. The largest absolute Gasteiger partial charge is 0.494 e. The minimum absolute atomic E-state index is 0.261. The van der Waals surface area contributed by atoms with Crippen LogP contribution in [0.1, 0.15) is 23.6 Å². The summed E-state index contributed by atoms with van der Waals surface area (Å²) in [5.41, 5.74) is 6.52. The summed E-state index contributed by atoms with van der Waals surface area (Å²) in [5.74, 6) is -0.0838. The van der Waals surface area contributed by atoms with E-state index < -0.39 is 0 Å². The number of rotatable bonds is 7. The van der Waals surface area contributed by atoms with Crippen molar-refractivity contribution in [3.05, 3.63) is 83.2 Å². The lowest BCUT2D eigenvalue weighted by atomic mass is 10.1. The first-order valence-corrected chi connectivity index (χ1v) is 9.12. The average molecular weight is 364 g/mol. The summed E-state index contributed by atoms with van der Waals surface area (Å²) in [4.78, 5) is 0. The molecule has 4 heteroatoms. The quantitative estimate of drug-likeness (QED) is 0.534. The maximum absolute atomic E-state index is 13.8. The first-order valence-electron chi connectivity index (χ1n) is 9.12. The van der Waals surface area contributed by atoms with Gasteiger partial charge in [-0.2, -0.15) is 0 Å². The number of halogens is 1. The van der Waals surface area contributed by atoms with E-state index in [1.54, 1.807) is 6.07 Å². The summed E-state index contributed by atoms with van der Waals surface area (Å²) in [7, 11) is 1.47. The van der Waals surface area contributed by atoms with Gasteiger partial charge in [-0.3, -0.25) is 0 Å². The summed E-state index contributed by atoms with van der Waals surface area (Å²) in [6.45, 7) is 4.78. The highest BCUT2D eigenvalue weighted by Gasteiger charge is 2.06. The third kappa shape index (κ3) is 4.59. The van der Waals surface area contributed by atoms with Crippen LogP contribution in [-0.4, -0.2) is 7.11 Å². The Balaban J connectivity index is 1.68. The number of methoxy groups -OCH3 is 1. The van der Waals surface area contributed by atoms with Crippen molar-refractivity contribution in [2.45, 2.75) is 26.8 Å². The Kier molecular flexibility index (Phi) is 5.97. The molecule has 0 aliphatic heterocycles. The molecule has 0 aromatic heterocycles. The number of ether oxygens (including phenoxy) is 1. The third-order valence-corrected chi connectivity index (χ3v) is 4.61. The third-order valence-electron chi connectivity index (χ3n) is 4.61. The zero-order chi connectivity index (χ0) is 19.2. The molecule has 0 saturated carbocycles. The molecule has 27 heavy (non-hydrogen) atoms. The van der Waals surface area contributed by atoms with E-state index in [0.29, 0.717) is 6.54 Å². The van der Waals surface area contributed by atoms with E-state index in [2.05, 4.69) is 54.8 Å². The SMILES string of the molecule is CCc1ccccc1Nc1ccc(NCc2ccc(OC)c(F)c2)cc1C. The molecule has 0 spiro atoms. The fourth-order valence-electron chi connectivity index (χ4n) is 3.03. The van der Waals surface area contributed by atoms with Crippen LogP contribution in [0.15, 0.2) is 60.7 Å². The molecule has 0 bridgehead atoms. The second kappa shape index (κ2) is 8.58. The number of benzene rings is 3. The molecule has 0 atom stereocenters. The predicted molar refractivity (Wildman–Crippen MR) is 111 cm³/mol. The first kappa shape index (κ1) is 18.8. The summed E-state index contributed by atoms with van der Waals surface area (Å²) in [5, 5.41) is 6.87. The fraction of sp³-hybridized carbons (Fsp3) is 0.217. The number of para-hydroxylation sites is 1. The van der Waals surface area contributed by atoms with Crippen molar-refractivity contribution in [2.24, 2.45) is 0 Å². The topological polar surface area (TPSA) is 33.3 Å². The van der Waals surface area contributed by atoms with Crippen molar-refractivity contribution < 1.29 is 9.13 Å². The van der Waals surface area contributed by atoms with E-state index in [9.17, 15) is 4.39 Å². The van der Waals surface area contributed by atoms with Crippen LogP contribution < -0.4 is 15.4 Å². The lowest BCUT2D eigenvalue weighted by Crippen LogP contribution is -2.02. The smallest absolute Gasteiger partial charge is 0.165 e. The van der Waals surface area contributed by atoms with E-state index >= 15 is 0 Å². The van der Waals surface area contributed by atoms with Gasteiger partial charge in [-0.25, -0.2) is 4.39 Å². The molecule has 0 radical (unpaired) electrons. The fourth-order valence-corrected chi connectivity index (χ4v) is 3.03. The number of nitrogens with one attached hydrogen (secondary N) is 2. The molecule has 140 valence electrons. The van der Waals surface area contributed by atoms with Gasteiger partial charge in [-0.1, -0.05) is 31.2 Å². The molecular formula is C23H25FN2O. The van der Waals surface area contributed by atoms with Gasteiger partial charge in [0.25, 0.3) is 0 Å². The average Bonchev–Trinajstić information content (AvgIpc) is 2.68. The molecule has 0 amide bonds. The van der Waals surface area contributed by atoms with Gasteiger partial charge in [0.2, 0.25) is 0 Å². The summed E-state index contributed by atoms with van der Waals surface area (Å²) < 4.78 is 18.8. The molecule has 0 fully saturated rings. The second-order valence-corrected chi connectivity index (χ2v) is 6.49. The molecule has 0 aliphatic carbocycles. The van der Waals surface area contributed by atoms with Gasteiger partial charge in [0, 0.05) is 23.6 Å². The van der Waals surface area contributed by atoms with Crippen molar-refractivity contribution in [3.8, 4) is 5.75 Å². The Morgan fingerprint density at radius 2 is 1.78 bits per heavy atom. The Bertz CT molecular complexity index is 924. The van der Waals surface area contributed by atoms with E-state index in [-0.39, 0.29) is 11.6 Å². The maximum Gasteiger partial charge on any atom is 0.165 e. The van der Waals surface area contributed by atoms with Gasteiger partial charge >= 0.3 is 0 Å². The number of hydrogen-bond donors (Lipinski definition) is 2. The number of aryl methyl sites for hydroxylation is 2. The van der Waals surface area contributed by atoms with Crippen LogP contribution in [0.5, 0.6) is 5.75 Å². The van der Waals surface area contributed by atoms with Crippen LogP contribution in [0, 0.1) is 12.7 Å². The maximum atomic E-state index is 13.8. The predicted octanol–water partition coefficient (Wildman–Crippen LogP) is 6.06. The standard InChI is InChI=1S/C23H25FN2O/c1-4-18-7-5-6-8-22(18)26-21-11-10-19(13-16(21)2)25-15-17-9-12-23(27-3)20(24)14-17/h5-14,25-26H,4,15H2,1-3H3. The molecule has 0 unspecified atom stereocenters. The lowest BCUT2D eigenvalue weighted by molar-refractivity contribution is 0.386. The van der Waals surface area contributed by atoms with E-state index in [4.69, 9.17) is 4.74 Å². The van der Waals surface area contributed by atoms with Gasteiger partial charge in [-0.05, 0) is 66.4 Å². The molecule has 3 nitrogen and oxygen atoms in total. The summed E-state index contributed by atoms with van der Waals surface area (Å²) >= 11 is 0. The highest BCUT2D eigenvalue weighted by molar-refractivity contribution is 5.68. The van der Waals surface area contributed by atoms with Crippen LogP contribution in [0.4, 0.5) is 21.5 Å². The van der Waals surface area contributed by atoms with Crippen LogP contribution >= 0.6 is 0 Å². The molecule has 2 N–H and O–H groups in total. The van der Waals surface area contributed by atoms with E-state index in [0.717, 1.165) is 34.6 Å². The molecule has 3 aromatic carbocycles. The molecule has 3 aromatic rings. The van der Waals surface area contributed by atoms with Gasteiger partial charge in [-0.15, -0.1) is 0 Å². The van der Waals surface area contributed by atoms with Crippen molar-refractivity contribution in [1.29, 1.82) is 0 Å². The Morgan fingerprint density at radius 3 is 2.48 bits per heavy atom. The molecule has 0 heterocycles. The number of hydrogen-bond acceptors (Lipinski definition) is 3. The monoisotopic (exact) mass is 364 g/mol. The first-order chi connectivity index (χ1) is 13.1. The van der Waals surface area contributed by atoms with Gasteiger partial charge in [0.1, 0.15) is 0 Å². The van der Waals surface area contributed by atoms with Crippen LogP contribution in [0.3, 0.4) is 0 Å². The van der Waals surface area contributed by atoms with Crippen molar-refractivity contribution in [2.75, 3.05) is 17.7 Å². The minimum Gasteiger partial charge on any atom is -0.494 e. The molecular weight excluding hydrogens is 339 g/mol. The zero-order valence-electron chi connectivity index (χ0n) is 16.0. The molecule has 3 rings (SSSR count). The van der Waals surface area contributed by atoms with E-state index in [1.165, 1.54) is 18.7 Å². The normalized spacial score (nSPS) is 10.5. The summed E-state index contributed by atoms with van der Waals surface area (Å²) in [6.07, 6.45) is 0.986. The highest BCUT2D eigenvalue weighted by Crippen LogP contribution is 2.26. The van der Waals surface area contributed by atoms with Crippen LogP contribution in [0.2, 0.25) is 0 Å².